The molecule has 2 saturated carbocycles. The minimum Gasteiger partial charge on any atom is -0.388 e. The monoisotopic (exact) mass is 344 g/mol. The lowest BCUT2D eigenvalue weighted by Crippen LogP contribution is -2.55. The van der Waals surface area contributed by atoms with Gasteiger partial charge in [-0.1, -0.05) is 31.1 Å². The van der Waals surface area contributed by atoms with Crippen LogP contribution in [0.3, 0.4) is 0 Å². The first-order valence-electron chi connectivity index (χ1n) is 9.57. The van der Waals surface area contributed by atoms with Crippen LogP contribution in [0.4, 0.5) is 0 Å². The number of ketones is 2. The van der Waals surface area contributed by atoms with E-state index in [9.17, 15) is 19.8 Å². The van der Waals surface area contributed by atoms with Crippen molar-refractivity contribution < 1.29 is 19.8 Å². The highest BCUT2D eigenvalue weighted by molar-refractivity contribution is 5.92. The summed E-state index contributed by atoms with van der Waals surface area (Å²) in [6.07, 6.45) is 9.48. The van der Waals surface area contributed by atoms with Crippen LogP contribution in [0.15, 0.2) is 23.3 Å². The molecule has 5 atom stereocenters. The molecule has 0 saturated heterocycles. The van der Waals surface area contributed by atoms with Crippen LogP contribution in [-0.4, -0.2) is 34.0 Å². The number of hydrogen-bond donors (Lipinski definition) is 2. The number of allylic oxidation sites excluding steroid dienone is 4. The summed E-state index contributed by atoms with van der Waals surface area (Å²) in [5, 5.41) is 20.5. The van der Waals surface area contributed by atoms with Gasteiger partial charge >= 0.3 is 0 Å². The Bertz CT molecular complexity index is 705. The molecule has 0 aliphatic heterocycles. The number of Topliss-reactive ketones (excluding diaryl/α,β-unsaturated/α-hetero) is 1. The van der Waals surface area contributed by atoms with Gasteiger partial charge in [0.05, 0.1) is 0 Å². The minimum atomic E-state index is -1.41. The van der Waals surface area contributed by atoms with Crippen LogP contribution in [0.1, 0.15) is 58.8 Å². The standard InChI is InChI=1S/C21H28O4/c1-19-8-5-14(23)11-13(19)3-4-15-16(19)6-9-20(2)17(15)7-10-21(20,25)18(24)12-22/h6,11,15,17,22,25H,3-5,7-10,12H2,1-2H3/t15-,17+,19+,20+,21-/m1/s1. The largest absolute Gasteiger partial charge is 0.388 e. The molecule has 0 amide bonds. The Morgan fingerprint density at radius 1 is 1.24 bits per heavy atom. The summed E-state index contributed by atoms with van der Waals surface area (Å²) in [6.45, 7) is 3.71. The van der Waals surface area contributed by atoms with E-state index in [0.717, 1.165) is 25.7 Å². The Labute approximate surface area is 149 Å². The molecule has 4 nitrogen and oxygen atoms in total. The number of fused-ring (bicyclic) bond motifs is 5. The predicted octanol–water partition coefficient (Wildman–Crippen LogP) is 2.73. The second kappa shape index (κ2) is 5.37. The quantitative estimate of drug-likeness (QED) is 0.756. The second-order valence-corrected chi connectivity index (χ2v) is 8.98. The van der Waals surface area contributed by atoms with Gasteiger partial charge in [0.15, 0.2) is 11.6 Å². The zero-order chi connectivity index (χ0) is 18.0. The lowest BCUT2D eigenvalue weighted by molar-refractivity contribution is -0.155. The molecule has 2 N–H and O–H groups in total. The maximum Gasteiger partial charge on any atom is 0.190 e. The molecule has 25 heavy (non-hydrogen) atoms. The maximum atomic E-state index is 12.3. The van der Waals surface area contributed by atoms with E-state index < -0.39 is 23.4 Å². The first-order valence-corrected chi connectivity index (χ1v) is 9.57. The van der Waals surface area contributed by atoms with Crippen LogP contribution >= 0.6 is 0 Å². The molecule has 4 aliphatic rings. The van der Waals surface area contributed by atoms with E-state index in [-0.39, 0.29) is 17.1 Å². The molecule has 0 aromatic heterocycles. The molecular formula is C21H28O4. The third kappa shape index (κ3) is 2.07. The van der Waals surface area contributed by atoms with Crippen LogP contribution in [0.2, 0.25) is 0 Å². The van der Waals surface area contributed by atoms with Crippen molar-refractivity contribution in [3.8, 4) is 0 Å². The van der Waals surface area contributed by atoms with Gasteiger partial charge in [0, 0.05) is 17.3 Å². The third-order valence-electron chi connectivity index (χ3n) is 8.09. The highest BCUT2D eigenvalue weighted by atomic mass is 16.3. The first-order chi connectivity index (χ1) is 11.8. The van der Waals surface area contributed by atoms with E-state index >= 15 is 0 Å². The molecule has 0 aromatic carbocycles. The van der Waals surface area contributed by atoms with E-state index in [2.05, 4.69) is 13.0 Å². The van der Waals surface area contributed by atoms with Gasteiger partial charge in [-0.15, -0.1) is 0 Å². The second-order valence-electron chi connectivity index (χ2n) is 8.98. The summed E-state index contributed by atoms with van der Waals surface area (Å²) in [5.41, 5.74) is 0.770. The lowest BCUT2D eigenvalue weighted by Gasteiger charge is -2.54. The summed E-state index contributed by atoms with van der Waals surface area (Å²) in [7, 11) is 0. The Hall–Kier alpha value is -1.26. The topological polar surface area (TPSA) is 74.6 Å². The van der Waals surface area contributed by atoms with Gasteiger partial charge in [0.2, 0.25) is 0 Å². The molecular weight excluding hydrogens is 316 g/mol. The zero-order valence-corrected chi connectivity index (χ0v) is 15.2. The molecule has 0 aromatic rings. The molecule has 0 unspecified atom stereocenters. The fourth-order valence-electron chi connectivity index (χ4n) is 6.46. The third-order valence-corrected chi connectivity index (χ3v) is 8.09. The van der Waals surface area contributed by atoms with E-state index in [1.807, 2.05) is 13.0 Å². The Morgan fingerprint density at radius 2 is 2.00 bits per heavy atom. The predicted molar refractivity (Wildman–Crippen MR) is 93.7 cm³/mol. The van der Waals surface area contributed by atoms with Crippen molar-refractivity contribution in [2.45, 2.75) is 64.4 Å². The summed E-state index contributed by atoms with van der Waals surface area (Å²) in [4.78, 5) is 24.2. The van der Waals surface area contributed by atoms with Crippen LogP contribution in [0, 0.1) is 22.7 Å². The molecule has 4 aliphatic carbocycles. The molecule has 4 heteroatoms. The Balaban J connectivity index is 1.75. The fourth-order valence-corrected chi connectivity index (χ4v) is 6.46. The number of carbonyl (C=O) groups excluding carboxylic acids is 2. The normalized spacial score (nSPS) is 45.8. The lowest BCUT2D eigenvalue weighted by atomic mass is 9.50. The van der Waals surface area contributed by atoms with Crippen molar-refractivity contribution in [1.82, 2.24) is 0 Å². The van der Waals surface area contributed by atoms with Gasteiger partial charge in [-0.05, 0) is 56.4 Å². The van der Waals surface area contributed by atoms with Crippen LogP contribution in [0.5, 0.6) is 0 Å². The Kier molecular flexibility index (Phi) is 3.69. The van der Waals surface area contributed by atoms with Gasteiger partial charge in [-0.25, -0.2) is 0 Å². The number of rotatable bonds is 2. The molecule has 4 rings (SSSR count). The molecule has 0 bridgehead atoms. The van der Waals surface area contributed by atoms with Gasteiger partial charge in [-0.3, -0.25) is 9.59 Å². The summed E-state index contributed by atoms with van der Waals surface area (Å²) >= 11 is 0. The van der Waals surface area contributed by atoms with Crippen molar-refractivity contribution in [1.29, 1.82) is 0 Å². The average molecular weight is 344 g/mol. The summed E-state index contributed by atoms with van der Waals surface area (Å²) in [6, 6.07) is 0. The van der Waals surface area contributed by atoms with E-state index in [1.165, 1.54) is 11.1 Å². The van der Waals surface area contributed by atoms with Crippen molar-refractivity contribution in [2.75, 3.05) is 6.61 Å². The summed E-state index contributed by atoms with van der Waals surface area (Å²) < 4.78 is 0. The zero-order valence-electron chi connectivity index (χ0n) is 15.2. The van der Waals surface area contributed by atoms with Gasteiger partial charge in [-0.2, -0.15) is 0 Å². The van der Waals surface area contributed by atoms with Gasteiger partial charge < -0.3 is 10.2 Å². The Morgan fingerprint density at radius 3 is 2.72 bits per heavy atom. The maximum absolute atomic E-state index is 12.3. The molecule has 0 radical (unpaired) electrons. The fraction of sp³-hybridized carbons (Fsp3) is 0.714. The van der Waals surface area contributed by atoms with E-state index in [0.29, 0.717) is 25.2 Å². The molecule has 0 spiro atoms. The molecule has 0 heterocycles. The highest BCUT2D eigenvalue weighted by Crippen LogP contribution is 2.65. The van der Waals surface area contributed by atoms with E-state index in [4.69, 9.17) is 0 Å². The van der Waals surface area contributed by atoms with Gasteiger partial charge in [0.25, 0.3) is 0 Å². The van der Waals surface area contributed by atoms with Crippen molar-refractivity contribution in [2.24, 2.45) is 22.7 Å². The van der Waals surface area contributed by atoms with Crippen molar-refractivity contribution in [3.05, 3.63) is 23.3 Å². The first kappa shape index (κ1) is 17.2. The van der Waals surface area contributed by atoms with Crippen LogP contribution in [-0.2, 0) is 9.59 Å². The average Bonchev–Trinajstić information content (AvgIpc) is 2.87. The number of aliphatic hydroxyl groups excluding tert-OH is 1. The van der Waals surface area contributed by atoms with Crippen LogP contribution in [0.25, 0.3) is 0 Å². The van der Waals surface area contributed by atoms with E-state index in [1.54, 1.807) is 0 Å². The number of carbonyl (C=O) groups is 2. The summed E-state index contributed by atoms with van der Waals surface area (Å²) in [5.74, 6) is 0.454. The number of hydrogen-bond acceptors (Lipinski definition) is 4. The smallest absolute Gasteiger partial charge is 0.190 e. The van der Waals surface area contributed by atoms with Crippen molar-refractivity contribution >= 4 is 11.6 Å². The minimum absolute atomic E-state index is 0.0279. The van der Waals surface area contributed by atoms with Crippen molar-refractivity contribution in [3.63, 3.8) is 0 Å². The SMILES string of the molecule is C[C@]12CCC(=O)C=C1CC[C@@H]1C2=CC[C@@]2(C)[C@H]1CC[C@@]2(O)C(=O)CO. The number of aliphatic hydroxyl groups is 2. The molecule has 2 fully saturated rings. The highest BCUT2D eigenvalue weighted by Gasteiger charge is 2.64. The van der Waals surface area contributed by atoms with Gasteiger partial charge in [0.1, 0.15) is 12.2 Å². The molecule has 136 valence electrons. The van der Waals surface area contributed by atoms with Crippen LogP contribution < -0.4 is 0 Å².